The van der Waals surface area contributed by atoms with Crippen molar-refractivity contribution in [1.82, 2.24) is 4.90 Å². The monoisotopic (exact) mass is 397 g/mol. The summed E-state index contributed by atoms with van der Waals surface area (Å²) in [6.45, 7) is 3.43. The largest absolute Gasteiger partial charge is 0.324 e. The van der Waals surface area contributed by atoms with Gasteiger partial charge < -0.3 is 5.32 Å². The number of hydrogen-bond acceptors (Lipinski definition) is 5. The minimum atomic E-state index is -0.894. The second kappa shape index (κ2) is 7.09. The van der Waals surface area contributed by atoms with Gasteiger partial charge in [-0.15, -0.1) is 0 Å². The van der Waals surface area contributed by atoms with Crippen molar-refractivity contribution >= 4 is 29.1 Å². The number of amides is 3. The van der Waals surface area contributed by atoms with Crippen molar-refractivity contribution in [2.75, 3.05) is 5.32 Å². The highest BCUT2D eigenvalue weighted by Crippen LogP contribution is 2.50. The number of fused-ring (bicyclic) bond motifs is 1. The fraction of sp³-hybridized carbons (Fsp3) is 0.476. The molecule has 3 amide bonds. The molecule has 5 rings (SSSR count). The van der Waals surface area contributed by atoms with Crippen LogP contribution < -0.4 is 5.32 Å². The molecular weight excluding hydrogens is 374 g/mol. The van der Waals surface area contributed by atoms with Crippen LogP contribution in [0.4, 0.5) is 11.4 Å². The van der Waals surface area contributed by atoms with Crippen molar-refractivity contribution in [3.63, 3.8) is 0 Å². The Hall–Kier alpha value is -3.03. The van der Waals surface area contributed by atoms with Crippen LogP contribution in [0.3, 0.4) is 0 Å². The van der Waals surface area contributed by atoms with E-state index >= 15 is 0 Å². The van der Waals surface area contributed by atoms with Crippen LogP contribution in [0, 0.1) is 40.7 Å². The number of nitrogens with zero attached hydrogens (tertiary/aromatic N) is 2. The number of anilines is 1. The normalized spacial score (nSPS) is 28.4. The number of non-ortho nitro benzene ring substituents is 1. The third-order valence-corrected chi connectivity index (χ3v) is 6.47. The molecular formula is C21H23N3O5. The Morgan fingerprint density at radius 1 is 1.21 bits per heavy atom. The number of nitro benzene ring substituents is 1. The molecule has 1 aromatic carbocycles. The first-order valence-corrected chi connectivity index (χ1v) is 9.94. The molecule has 2 bridgehead atoms. The minimum absolute atomic E-state index is 0.0653. The second-order valence-electron chi connectivity index (χ2n) is 8.06. The predicted octanol–water partition coefficient (Wildman–Crippen LogP) is 2.82. The Morgan fingerprint density at radius 3 is 2.24 bits per heavy atom. The van der Waals surface area contributed by atoms with Gasteiger partial charge in [-0.3, -0.25) is 29.4 Å². The van der Waals surface area contributed by atoms with E-state index in [2.05, 4.69) is 5.32 Å². The quantitative estimate of drug-likeness (QED) is 0.356. The summed E-state index contributed by atoms with van der Waals surface area (Å²) in [5, 5.41) is 13.6. The average Bonchev–Trinajstić information content (AvgIpc) is 2.98. The standard InChI is InChI=1S/C21H23N3O5/c1-3-16(19(25)22-15-9-8-14(24(28)29)10-11(15)2)23-20(26)17-12-4-5-13(7-6-12)18(17)21(23)27/h4-5,8-10,12-13,16-18H,3,6-7H2,1-2H3,(H,22,25)/t12-,13-,16+,17-,18-/m0/s1. The van der Waals surface area contributed by atoms with Crippen LogP contribution in [-0.2, 0) is 14.4 Å². The minimum Gasteiger partial charge on any atom is -0.324 e. The van der Waals surface area contributed by atoms with E-state index in [1.807, 2.05) is 12.2 Å². The molecule has 29 heavy (non-hydrogen) atoms. The molecule has 8 heteroatoms. The Kier molecular flexibility index (Phi) is 4.72. The van der Waals surface area contributed by atoms with Gasteiger partial charge in [0.1, 0.15) is 6.04 Å². The van der Waals surface area contributed by atoms with E-state index < -0.39 is 16.9 Å². The molecule has 2 fully saturated rings. The molecule has 0 unspecified atom stereocenters. The fourth-order valence-electron chi connectivity index (χ4n) is 5.01. The number of imide groups is 1. The number of hydrogen-bond donors (Lipinski definition) is 1. The van der Waals surface area contributed by atoms with E-state index in [-0.39, 0.29) is 41.2 Å². The summed E-state index contributed by atoms with van der Waals surface area (Å²) in [7, 11) is 0. The summed E-state index contributed by atoms with van der Waals surface area (Å²) in [6, 6.07) is 3.26. The zero-order chi connectivity index (χ0) is 20.9. The molecule has 0 aromatic heterocycles. The number of allylic oxidation sites excluding steroid dienone is 2. The number of benzene rings is 1. The van der Waals surface area contributed by atoms with Crippen LogP contribution >= 0.6 is 0 Å². The first kappa shape index (κ1) is 19.3. The number of nitro groups is 1. The van der Waals surface area contributed by atoms with Gasteiger partial charge in [-0.2, -0.15) is 0 Å². The van der Waals surface area contributed by atoms with E-state index in [0.29, 0.717) is 17.7 Å². The van der Waals surface area contributed by atoms with Gasteiger partial charge in [0.05, 0.1) is 16.8 Å². The maximum Gasteiger partial charge on any atom is 0.269 e. The van der Waals surface area contributed by atoms with Crippen LogP contribution in [0.15, 0.2) is 30.4 Å². The molecule has 4 aliphatic rings. The topological polar surface area (TPSA) is 110 Å². The van der Waals surface area contributed by atoms with Crippen LogP contribution in [0.5, 0.6) is 0 Å². The van der Waals surface area contributed by atoms with Gasteiger partial charge in [0.2, 0.25) is 17.7 Å². The number of carbonyl (C=O) groups excluding carboxylic acids is 3. The fourth-order valence-corrected chi connectivity index (χ4v) is 5.01. The molecule has 1 heterocycles. The first-order valence-electron chi connectivity index (χ1n) is 9.94. The molecule has 152 valence electrons. The molecule has 0 radical (unpaired) electrons. The van der Waals surface area contributed by atoms with Crippen LogP contribution in [0.25, 0.3) is 0 Å². The lowest BCUT2D eigenvalue weighted by atomic mass is 9.63. The molecule has 3 aliphatic carbocycles. The molecule has 8 nitrogen and oxygen atoms in total. The van der Waals surface area contributed by atoms with Crippen molar-refractivity contribution < 1.29 is 19.3 Å². The second-order valence-corrected chi connectivity index (χ2v) is 8.06. The predicted molar refractivity (Wildman–Crippen MR) is 105 cm³/mol. The van der Waals surface area contributed by atoms with E-state index in [9.17, 15) is 24.5 Å². The number of rotatable bonds is 5. The maximum absolute atomic E-state index is 13.1. The number of likely N-dealkylation sites (tertiary alicyclic amines) is 1. The maximum atomic E-state index is 13.1. The highest BCUT2D eigenvalue weighted by Gasteiger charge is 2.58. The van der Waals surface area contributed by atoms with E-state index in [1.165, 1.54) is 23.1 Å². The third-order valence-electron chi connectivity index (χ3n) is 6.47. The van der Waals surface area contributed by atoms with E-state index in [1.54, 1.807) is 13.8 Å². The molecule has 1 aromatic rings. The van der Waals surface area contributed by atoms with Crippen LogP contribution in [0.1, 0.15) is 31.7 Å². The van der Waals surface area contributed by atoms with Gasteiger partial charge in [0, 0.05) is 17.8 Å². The van der Waals surface area contributed by atoms with Crippen molar-refractivity contribution in [3.05, 3.63) is 46.0 Å². The molecule has 1 N–H and O–H groups in total. The summed E-state index contributed by atoms with van der Waals surface area (Å²) in [5.41, 5.74) is 0.902. The summed E-state index contributed by atoms with van der Waals surface area (Å²) < 4.78 is 0. The molecule has 1 saturated heterocycles. The van der Waals surface area contributed by atoms with Gasteiger partial charge in [-0.25, -0.2) is 0 Å². The first-order chi connectivity index (χ1) is 13.8. The Bertz CT molecular complexity index is 908. The molecule has 0 spiro atoms. The van der Waals surface area contributed by atoms with Crippen molar-refractivity contribution in [2.45, 2.75) is 39.2 Å². The summed E-state index contributed by atoms with van der Waals surface area (Å²) in [5.74, 6) is -1.51. The van der Waals surface area contributed by atoms with E-state index in [0.717, 1.165) is 12.8 Å². The number of carbonyl (C=O) groups is 3. The lowest BCUT2D eigenvalue weighted by Gasteiger charge is -2.38. The zero-order valence-corrected chi connectivity index (χ0v) is 16.3. The van der Waals surface area contributed by atoms with Crippen LogP contribution in [0.2, 0.25) is 0 Å². The van der Waals surface area contributed by atoms with Gasteiger partial charge in [0.25, 0.3) is 5.69 Å². The lowest BCUT2D eigenvalue weighted by Crippen LogP contribution is -2.47. The Balaban J connectivity index is 1.56. The Morgan fingerprint density at radius 2 is 1.79 bits per heavy atom. The average molecular weight is 397 g/mol. The highest BCUT2D eigenvalue weighted by molar-refractivity contribution is 6.10. The number of nitrogens with one attached hydrogen (secondary N) is 1. The van der Waals surface area contributed by atoms with Crippen molar-refractivity contribution in [1.29, 1.82) is 0 Å². The zero-order valence-electron chi connectivity index (χ0n) is 16.3. The summed E-state index contributed by atoms with van der Waals surface area (Å²) in [4.78, 5) is 50.7. The Labute approximate surface area is 168 Å². The SMILES string of the molecule is CC[C@H](C(=O)Nc1ccc([N+](=O)[O-])cc1C)N1C(=O)[C@@H]2[C@@H](C1=O)[C@H]1C=C[C@H]2CC1. The molecule has 1 aliphatic heterocycles. The molecule has 1 saturated carbocycles. The van der Waals surface area contributed by atoms with Gasteiger partial charge >= 0.3 is 0 Å². The highest BCUT2D eigenvalue weighted by atomic mass is 16.6. The smallest absolute Gasteiger partial charge is 0.269 e. The molecule has 5 atom stereocenters. The van der Waals surface area contributed by atoms with E-state index in [4.69, 9.17) is 0 Å². The van der Waals surface area contributed by atoms with Gasteiger partial charge in [-0.1, -0.05) is 19.1 Å². The lowest BCUT2D eigenvalue weighted by molar-refractivity contribution is -0.384. The van der Waals surface area contributed by atoms with Gasteiger partial charge in [-0.05, 0) is 49.7 Å². The summed E-state index contributed by atoms with van der Waals surface area (Å²) >= 11 is 0. The van der Waals surface area contributed by atoms with Gasteiger partial charge in [0.15, 0.2) is 0 Å². The number of aryl methyl sites for hydroxylation is 1. The van der Waals surface area contributed by atoms with Crippen molar-refractivity contribution in [2.24, 2.45) is 23.7 Å². The van der Waals surface area contributed by atoms with Crippen LogP contribution in [-0.4, -0.2) is 33.6 Å². The summed E-state index contributed by atoms with van der Waals surface area (Å²) in [6.07, 6.45) is 6.20. The van der Waals surface area contributed by atoms with Crippen molar-refractivity contribution in [3.8, 4) is 0 Å². The third kappa shape index (κ3) is 3.03.